The van der Waals surface area contributed by atoms with Crippen molar-refractivity contribution in [2.45, 2.75) is 25.6 Å². The van der Waals surface area contributed by atoms with Crippen LogP contribution in [0.5, 0.6) is 0 Å². The first-order chi connectivity index (χ1) is 6.34. The van der Waals surface area contributed by atoms with Crippen LogP contribution in [0.3, 0.4) is 0 Å². The molecule has 0 spiro atoms. The Labute approximate surface area is 80.2 Å². The lowest BCUT2D eigenvalue weighted by Gasteiger charge is -2.16. The van der Waals surface area contributed by atoms with Crippen molar-refractivity contribution >= 4 is 5.78 Å². The first-order valence-electron chi connectivity index (χ1n) is 4.37. The average Bonchev–Trinajstić information content (AvgIpc) is 2.47. The number of nitrogens with one attached hydrogen (secondary N) is 1. The van der Waals surface area contributed by atoms with E-state index in [4.69, 9.17) is 0 Å². The number of carbonyl (C=O) groups is 1. The molecule has 1 fully saturated rings. The summed E-state index contributed by atoms with van der Waals surface area (Å²) >= 11 is 0. The minimum atomic E-state index is -4.60. The summed E-state index contributed by atoms with van der Waals surface area (Å²) in [7, 11) is 0. The second-order valence-corrected chi connectivity index (χ2v) is 3.48. The molecule has 1 N–H and O–H groups in total. The maximum absolute atomic E-state index is 12.1. The smallest absolute Gasteiger partial charge is 0.313 e. The van der Waals surface area contributed by atoms with E-state index in [1.165, 1.54) is 0 Å². The lowest BCUT2D eigenvalue weighted by Crippen LogP contribution is -2.32. The predicted molar refractivity (Wildman–Crippen MR) is 45.8 cm³/mol. The molecule has 0 bridgehead atoms. The van der Waals surface area contributed by atoms with Gasteiger partial charge in [0.05, 0.1) is 5.57 Å². The van der Waals surface area contributed by atoms with Crippen molar-refractivity contribution in [3.63, 3.8) is 0 Å². The molecule has 1 rings (SSSR count). The summed E-state index contributed by atoms with van der Waals surface area (Å²) in [6.45, 7) is 5.10. The average molecular weight is 207 g/mol. The van der Waals surface area contributed by atoms with Gasteiger partial charge >= 0.3 is 6.18 Å². The maximum Gasteiger partial charge on any atom is 0.419 e. The fraction of sp³-hybridized carbons (Fsp3) is 0.667. The summed E-state index contributed by atoms with van der Waals surface area (Å²) in [5, 5.41) is 2.93. The molecular formula is C9H12F3NO. The molecule has 5 heteroatoms. The Balaban J connectivity index is 2.70. The second kappa shape index (κ2) is 3.73. The lowest BCUT2D eigenvalue weighted by molar-refractivity contribution is -0.132. The van der Waals surface area contributed by atoms with Crippen LogP contribution in [0.1, 0.15) is 13.3 Å². The van der Waals surface area contributed by atoms with Crippen LogP contribution < -0.4 is 5.32 Å². The van der Waals surface area contributed by atoms with Gasteiger partial charge in [-0.05, 0) is 19.9 Å². The monoisotopic (exact) mass is 207 g/mol. The number of rotatable bonds is 2. The van der Waals surface area contributed by atoms with Crippen molar-refractivity contribution in [1.29, 1.82) is 0 Å². The van der Waals surface area contributed by atoms with Crippen LogP contribution in [0.2, 0.25) is 0 Å². The first-order valence-corrected chi connectivity index (χ1v) is 4.37. The first kappa shape index (κ1) is 11.2. The highest BCUT2D eigenvalue weighted by Gasteiger charge is 2.41. The highest BCUT2D eigenvalue weighted by molar-refractivity contribution is 5.98. The van der Waals surface area contributed by atoms with Gasteiger partial charge < -0.3 is 5.32 Å². The number of alkyl halides is 3. The minimum Gasteiger partial charge on any atom is -0.313 e. The van der Waals surface area contributed by atoms with Gasteiger partial charge in [-0.25, -0.2) is 0 Å². The Bertz CT molecular complexity index is 259. The third kappa shape index (κ3) is 2.15. The van der Waals surface area contributed by atoms with Gasteiger partial charge in [0.1, 0.15) is 0 Å². The van der Waals surface area contributed by atoms with Crippen LogP contribution in [0.25, 0.3) is 0 Å². The summed E-state index contributed by atoms with van der Waals surface area (Å²) in [5.74, 6) is -1.46. The summed E-state index contributed by atoms with van der Waals surface area (Å²) in [6, 6.07) is -0.193. The van der Waals surface area contributed by atoms with E-state index in [-0.39, 0.29) is 6.04 Å². The van der Waals surface area contributed by atoms with Crippen LogP contribution in [0.4, 0.5) is 13.2 Å². The van der Waals surface area contributed by atoms with E-state index in [1.54, 1.807) is 6.92 Å². The summed E-state index contributed by atoms with van der Waals surface area (Å²) in [4.78, 5) is 11.3. The standard InChI is InChI=1S/C9H12F3NO/c1-5(9(10,11)12)8(14)7-3-4-13-6(7)2/h6-7,13H,1,3-4H2,2H3. The Morgan fingerprint density at radius 1 is 1.50 bits per heavy atom. The van der Waals surface area contributed by atoms with Crippen LogP contribution in [-0.2, 0) is 4.79 Å². The van der Waals surface area contributed by atoms with Crippen LogP contribution >= 0.6 is 0 Å². The van der Waals surface area contributed by atoms with Gasteiger partial charge in [-0.1, -0.05) is 6.58 Å². The van der Waals surface area contributed by atoms with Crippen molar-refractivity contribution < 1.29 is 18.0 Å². The van der Waals surface area contributed by atoms with E-state index in [0.717, 1.165) is 0 Å². The van der Waals surface area contributed by atoms with Gasteiger partial charge in [0.15, 0.2) is 5.78 Å². The Hall–Kier alpha value is -0.840. The molecule has 1 aliphatic rings. The number of allylic oxidation sites excluding steroid dienone is 1. The Morgan fingerprint density at radius 2 is 2.07 bits per heavy atom. The molecule has 14 heavy (non-hydrogen) atoms. The van der Waals surface area contributed by atoms with Crippen molar-refractivity contribution in [2.24, 2.45) is 5.92 Å². The molecule has 1 saturated heterocycles. The Morgan fingerprint density at radius 3 is 2.43 bits per heavy atom. The lowest BCUT2D eigenvalue weighted by atomic mass is 9.92. The van der Waals surface area contributed by atoms with Gasteiger partial charge in [-0.15, -0.1) is 0 Å². The molecule has 2 unspecified atom stereocenters. The predicted octanol–water partition coefficient (Wildman–Crippen LogP) is 1.67. The molecule has 2 atom stereocenters. The van der Waals surface area contributed by atoms with Crippen molar-refractivity contribution in [3.8, 4) is 0 Å². The van der Waals surface area contributed by atoms with Crippen LogP contribution in [0, 0.1) is 5.92 Å². The summed E-state index contributed by atoms with van der Waals surface area (Å²) in [6.07, 6.45) is -4.14. The van der Waals surface area contributed by atoms with E-state index in [9.17, 15) is 18.0 Å². The number of ketones is 1. The second-order valence-electron chi connectivity index (χ2n) is 3.48. The van der Waals surface area contributed by atoms with E-state index >= 15 is 0 Å². The number of Topliss-reactive ketones (excluding diaryl/α,β-unsaturated/α-hetero) is 1. The van der Waals surface area contributed by atoms with Crippen LogP contribution in [-0.4, -0.2) is 24.5 Å². The third-order valence-corrected chi connectivity index (χ3v) is 2.50. The zero-order valence-corrected chi connectivity index (χ0v) is 7.82. The number of carbonyl (C=O) groups excluding carboxylic acids is 1. The van der Waals surface area contributed by atoms with E-state index in [2.05, 4.69) is 11.9 Å². The molecule has 0 saturated carbocycles. The molecule has 80 valence electrons. The number of hydrogen-bond acceptors (Lipinski definition) is 2. The minimum absolute atomic E-state index is 0.193. The summed E-state index contributed by atoms with van der Waals surface area (Å²) < 4.78 is 36.4. The number of hydrogen-bond donors (Lipinski definition) is 1. The molecule has 1 aliphatic heterocycles. The van der Waals surface area contributed by atoms with Gasteiger partial charge in [0.25, 0.3) is 0 Å². The molecule has 2 nitrogen and oxygen atoms in total. The van der Waals surface area contributed by atoms with Gasteiger partial charge in [-0.3, -0.25) is 4.79 Å². The quantitative estimate of drug-likeness (QED) is 0.698. The molecule has 0 amide bonds. The zero-order chi connectivity index (χ0) is 10.9. The molecule has 0 radical (unpaired) electrons. The molecule has 0 aliphatic carbocycles. The number of halogens is 3. The van der Waals surface area contributed by atoms with E-state index < -0.39 is 23.5 Å². The molecule has 0 aromatic heterocycles. The largest absolute Gasteiger partial charge is 0.419 e. The molecular weight excluding hydrogens is 195 g/mol. The highest BCUT2D eigenvalue weighted by Crippen LogP contribution is 2.29. The SMILES string of the molecule is C=C(C(=O)C1CCNC1C)C(F)(F)F. The fourth-order valence-corrected chi connectivity index (χ4v) is 1.58. The highest BCUT2D eigenvalue weighted by atomic mass is 19.4. The normalized spacial score (nSPS) is 27.7. The van der Waals surface area contributed by atoms with Crippen LogP contribution in [0.15, 0.2) is 12.2 Å². The van der Waals surface area contributed by atoms with Gasteiger partial charge in [-0.2, -0.15) is 13.2 Å². The summed E-state index contributed by atoms with van der Waals surface area (Å²) in [5.41, 5.74) is -1.24. The Kier molecular flexibility index (Phi) is 2.99. The van der Waals surface area contributed by atoms with E-state index in [0.29, 0.717) is 13.0 Å². The van der Waals surface area contributed by atoms with Gasteiger partial charge in [0.2, 0.25) is 0 Å². The van der Waals surface area contributed by atoms with Gasteiger partial charge in [0, 0.05) is 12.0 Å². The molecule has 0 aromatic carbocycles. The third-order valence-electron chi connectivity index (χ3n) is 2.50. The van der Waals surface area contributed by atoms with Crippen molar-refractivity contribution in [1.82, 2.24) is 5.32 Å². The molecule has 1 heterocycles. The maximum atomic E-state index is 12.1. The molecule has 0 aromatic rings. The zero-order valence-electron chi connectivity index (χ0n) is 7.82. The van der Waals surface area contributed by atoms with E-state index in [1.807, 2.05) is 0 Å². The van der Waals surface area contributed by atoms with Crippen molar-refractivity contribution in [2.75, 3.05) is 6.54 Å². The topological polar surface area (TPSA) is 29.1 Å². The van der Waals surface area contributed by atoms with Crippen molar-refractivity contribution in [3.05, 3.63) is 12.2 Å². The fourth-order valence-electron chi connectivity index (χ4n) is 1.58.